The maximum Gasteiger partial charge on any atom is 0.161 e. The number of aromatic nitrogens is 5. The number of nitrogens with zero attached hydrogens (tertiary/aromatic N) is 3. The summed E-state index contributed by atoms with van der Waals surface area (Å²) in [7, 11) is 0. The number of anilines is 1. The fraction of sp³-hybridized carbons (Fsp3) is 0.0333. The van der Waals surface area contributed by atoms with Gasteiger partial charge >= 0.3 is 0 Å². The minimum atomic E-state index is 0.491. The molecule has 0 atom stereocenters. The number of allylic oxidation sites excluding steroid dienone is 2. The first kappa shape index (κ1) is 22.3. The van der Waals surface area contributed by atoms with E-state index in [2.05, 4.69) is 60.5 Å². The molecular formula is C30H22N6OS. The number of hydrogen-bond acceptors (Lipinski definition) is 6. The summed E-state index contributed by atoms with van der Waals surface area (Å²) in [5.74, 6) is 2.19. The molecule has 38 heavy (non-hydrogen) atoms. The molecule has 0 amide bonds. The van der Waals surface area contributed by atoms with E-state index in [0.717, 1.165) is 61.7 Å². The van der Waals surface area contributed by atoms with Crippen molar-refractivity contribution in [2.24, 2.45) is 0 Å². The summed E-state index contributed by atoms with van der Waals surface area (Å²) in [6, 6.07) is 20.4. The van der Waals surface area contributed by atoms with E-state index in [1.54, 1.807) is 17.5 Å². The number of benzene rings is 2. The van der Waals surface area contributed by atoms with Crippen molar-refractivity contribution in [1.82, 2.24) is 25.1 Å². The highest BCUT2D eigenvalue weighted by molar-refractivity contribution is 7.08. The van der Waals surface area contributed by atoms with Crippen LogP contribution in [0.4, 0.5) is 5.82 Å². The molecule has 0 saturated carbocycles. The standard InChI is InChI=1S/C30H22N6OS/c1-2-5-19(6-3-1)17-37-23-13-22(15-31-16-23)20-8-9-26-25(14-20)28(36-35-26)30-33-27-24(21-10-12-38-18-21)7-4-11-32-29(27)34-30/h1-16,18,32H,17H2,(H,33,34)(H,35,36). The van der Waals surface area contributed by atoms with Gasteiger partial charge in [-0.25, -0.2) is 4.98 Å². The molecule has 4 aromatic heterocycles. The van der Waals surface area contributed by atoms with Gasteiger partial charge in [0.05, 0.1) is 17.4 Å². The molecule has 0 spiro atoms. The van der Waals surface area contributed by atoms with Gasteiger partial charge in [0, 0.05) is 28.9 Å². The lowest BCUT2D eigenvalue weighted by molar-refractivity contribution is 0.305. The molecule has 0 fully saturated rings. The van der Waals surface area contributed by atoms with Crippen LogP contribution in [-0.4, -0.2) is 25.1 Å². The van der Waals surface area contributed by atoms with E-state index >= 15 is 0 Å². The molecule has 0 bridgehead atoms. The Kier molecular flexibility index (Phi) is 5.56. The average molecular weight is 515 g/mol. The van der Waals surface area contributed by atoms with Gasteiger partial charge in [0.25, 0.3) is 0 Å². The molecular weight excluding hydrogens is 492 g/mol. The second-order valence-electron chi connectivity index (χ2n) is 8.92. The van der Waals surface area contributed by atoms with Gasteiger partial charge in [-0.3, -0.25) is 10.1 Å². The summed E-state index contributed by atoms with van der Waals surface area (Å²) in [5, 5.41) is 16.2. The number of thiophene rings is 1. The monoisotopic (exact) mass is 514 g/mol. The number of fused-ring (bicyclic) bond motifs is 2. The van der Waals surface area contributed by atoms with Crippen LogP contribution in [0.3, 0.4) is 0 Å². The molecule has 1 aliphatic rings. The summed E-state index contributed by atoms with van der Waals surface area (Å²) in [4.78, 5) is 12.8. The lowest BCUT2D eigenvalue weighted by atomic mass is 10.0. The zero-order valence-electron chi connectivity index (χ0n) is 20.2. The fourth-order valence-corrected chi connectivity index (χ4v) is 5.22. The van der Waals surface area contributed by atoms with Crippen LogP contribution in [0.25, 0.3) is 39.1 Å². The Bertz CT molecular complexity index is 1800. The summed E-state index contributed by atoms with van der Waals surface area (Å²) >= 11 is 1.67. The Morgan fingerprint density at radius 1 is 0.921 bits per heavy atom. The summed E-state index contributed by atoms with van der Waals surface area (Å²) < 4.78 is 6.00. The molecule has 0 unspecified atom stereocenters. The number of pyridine rings is 1. The fourth-order valence-electron chi connectivity index (χ4n) is 4.57. The van der Waals surface area contributed by atoms with Crippen LogP contribution in [0, 0.1) is 0 Å². The van der Waals surface area contributed by atoms with Crippen molar-refractivity contribution < 1.29 is 4.74 Å². The third-order valence-corrected chi connectivity index (χ3v) is 7.15. The minimum absolute atomic E-state index is 0.491. The topological polar surface area (TPSA) is 91.5 Å². The molecule has 0 radical (unpaired) electrons. The second-order valence-corrected chi connectivity index (χ2v) is 9.70. The number of imidazole rings is 1. The second kappa shape index (κ2) is 9.49. The number of H-pyrrole nitrogens is 2. The van der Waals surface area contributed by atoms with Gasteiger partial charge in [-0.15, -0.1) is 0 Å². The smallest absolute Gasteiger partial charge is 0.161 e. The maximum absolute atomic E-state index is 6.00. The lowest BCUT2D eigenvalue weighted by Gasteiger charge is -2.08. The molecule has 1 aliphatic heterocycles. The van der Waals surface area contributed by atoms with Gasteiger partial charge in [-0.05, 0) is 57.8 Å². The largest absolute Gasteiger partial charge is 0.487 e. The van der Waals surface area contributed by atoms with Crippen LogP contribution in [0.1, 0.15) is 16.8 Å². The van der Waals surface area contributed by atoms with E-state index in [1.165, 1.54) is 0 Å². The van der Waals surface area contributed by atoms with Crippen molar-refractivity contribution in [3.8, 4) is 28.4 Å². The quantitative estimate of drug-likeness (QED) is 0.222. The Balaban J connectivity index is 1.22. The summed E-state index contributed by atoms with van der Waals surface area (Å²) in [5.41, 5.74) is 7.96. The molecule has 2 aromatic carbocycles. The maximum atomic E-state index is 6.00. The van der Waals surface area contributed by atoms with Crippen LogP contribution >= 0.6 is 11.3 Å². The highest BCUT2D eigenvalue weighted by Gasteiger charge is 2.20. The highest BCUT2D eigenvalue weighted by Crippen LogP contribution is 2.35. The first-order valence-corrected chi connectivity index (χ1v) is 13.1. The third-order valence-electron chi connectivity index (χ3n) is 6.47. The number of nitrogens with one attached hydrogen (secondary N) is 3. The van der Waals surface area contributed by atoms with Crippen molar-refractivity contribution in [1.29, 1.82) is 0 Å². The third kappa shape index (κ3) is 4.16. The van der Waals surface area contributed by atoms with Crippen LogP contribution in [0.5, 0.6) is 5.75 Å². The van der Waals surface area contributed by atoms with E-state index < -0.39 is 0 Å². The van der Waals surface area contributed by atoms with E-state index in [4.69, 9.17) is 9.72 Å². The number of ether oxygens (including phenoxy) is 1. The van der Waals surface area contributed by atoms with Crippen LogP contribution < -0.4 is 10.1 Å². The molecule has 7 nitrogen and oxygen atoms in total. The molecule has 3 N–H and O–H groups in total. The van der Waals surface area contributed by atoms with Crippen molar-refractivity contribution >= 4 is 33.6 Å². The zero-order valence-corrected chi connectivity index (χ0v) is 21.0. The number of hydrogen-bond donors (Lipinski definition) is 3. The predicted octanol–water partition coefficient (Wildman–Crippen LogP) is 7.03. The summed E-state index contributed by atoms with van der Waals surface area (Å²) in [6.45, 7) is 0.491. The van der Waals surface area contributed by atoms with Gasteiger partial charge < -0.3 is 15.0 Å². The molecule has 7 rings (SSSR count). The van der Waals surface area contributed by atoms with Crippen LogP contribution in [-0.2, 0) is 6.61 Å². The summed E-state index contributed by atoms with van der Waals surface area (Å²) in [6.07, 6.45) is 9.56. The van der Waals surface area contributed by atoms with Gasteiger partial charge in [0.15, 0.2) is 11.6 Å². The Hall–Kier alpha value is -4.95. The molecule has 8 heteroatoms. The van der Waals surface area contributed by atoms with E-state index in [-0.39, 0.29) is 0 Å². The van der Waals surface area contributed by atoms with Gasteiger partial charge in [0.2, 0.25) is 0 Å². The highest BCUT2D eigenvalue weighted by atomic mass is 32.1. The molecule has 6 aromatic rings. The van der Waals surface area contributed by atoms with Crippen LogP contribution in [0.15, 0.2) is 102 Å². The predicted molar refractivity (Wildman–Crippen MR) is 152 cm³/mol. The Morgan fingerprint density at radius 3 is 2.76 bits per heavy atom. The van der Waals surface area contributed by atoms with E-state index in [1.807, 2.05) is 60.9 Å². The Labute approximate surface area is 222 Å². The molecule has 184 valence electrons. The lowest BCUT2D eigenvalue weighted by Crippen LogP contribution is -1.95. The van der Waals surface area contributed by atoms with Crippen molar-refractivity contribution in [3.05, 3.63) is 119 Å². The van der Waals surface area contributed by atoms with Gasteiger partial charge in [0.1, 0.15) is 18.1 Å². The van der Waals surface area contributed by atoms with Crippen molar-refractivity contribution in [2.75, 3.05) is 5.32 Å². The number of aromatic amines is 2. The van der Waals surface area contributed by atoms with Crippen molar-refractivity contribution in [2.45, 2.75) is 6.61 Å². The minimum Gasteiger partial charge on any atom is -0.487 e. The first-order valence-electron chi connectivity index (χ1n) is 12.2. The zero-order chi connectivity index (χ0) is 25.3. The normalized spacial score (nSPS) is 12.6. The molecule has 0 aliphatic carbocycles. The number of rotatable bonds is 6. The SMILES string of the molecule is C1=CNc2nc(-c3n[nH]c4ccc(-c5cncc(OCc6ccccc6)c5)cc34)[nH]c2C(c2ccsc2)=C1. The molecule has 5 heterocycles. The average Bonchev–Trinajstić information content (AvgIpc) is 3.71. The van der Waals surface area contributed by atoms with Gasteiger partial charge in [-0.1, -0.05) is 42.5 Å². The van der Waals surface area contributed by atoms with Crippen molar-refractivity contribution in [3.63, 3.8) is 0 Å². The van der Waals surface area contributed by atoms with E-state index in [0.29, 0.717) is 12.4 Å². The van der Waals surface area contributed by atoms with E-state index in [9.17, 15) is 0 Å². The van der Waals surface area contributed by atoms with Gasteiger partial charge in [-0.2, -0.15) is 16.4 Å². The first-order chi connectivity index (χ1) is 18.8. The van der Waals surface area contributed by atoms with Crippen LogP contribution in [0.2, 0.25) is 0 Å². The Morgan fingerprint density at radius 2 is 1.87 bits per heavy atom. The molecule has 0 saturated heterocycles.